The van der Waals surface area contributed by atoms with Crippen molar-refractivity contribution in [1.82, 2.24) is 9.47 Å². The smallest absolute Gasteiger partial charge is 0.355 e. The van der Waals surface area contributed by atoms with Crippen molar-refractivity contribution >= 4 is 11.9 Å². The van der Waals surface area contributed by atoms with Gasteiger partial charge in [-0.25, -0.2) is 4.79 Å². The molecule has 0 radical (unpaired) electrons. The van der Waals surface area contributed by atoms with Crippen LogP contribution in [0.15, 0.2) is 12.7 Å². The summed E-state index contributed by atoms with van der Waals surface area (Å²) in [5.41, 5.74) is 2.60. The quantitative estimate of drug-likeness (QED) is 0.613. The third kappa shape index (κ3) is 3.25. The zero-order chi connectivity index (χ0) is 17.9. The summed E-state index contributed by atoms with van der Waals surface area (Å²) >= 11 is 0. The Labute approximate surface area is 144 Å². The normalized spacial score (nSPS) is 17.7. The van der Waals surface area contributed by atoms with E-state index in [-0.39, 0.29) is 17.9 Å². The zero-order valence-electron chi connectivity index (χ0n) is 15.2. The highest BCUT2D eigenvalue weighted by Gasteiger charge is 2.31. The molecule has 5 heteroatoms. The monoisotopic (exact) mass is 332 g/mol. The molecule has 0 bridgehead atoms. The zero-order valence-corrected chi connectivity index (χ0v) is 15.2. The van der Waals surface area contributed by atoms with Gasteiger partial charge in [0.25, 0.3) is 5.91 Å². The molecule has 0 aliphatic carbocycles. The summed E-state index contributed by atoms with van der Waals surface area (Å²) < 4.78 is 7.03. The second kappa shape index (κ2) is 7.69. The minimum atomic E-state index is -0.384. The Morgan fingerprint density at radius 2 is 2.04 bits per heavy atom. The summed E-state index contributed by atoms with van der Waals surface area (Å²) in [5.74, 6) is -0.365. The molecule has 1 atom stereocenters. The lowest BCUT2D eigenvalue weighted by atomic mass is 10.0. The second-order valence-corrected chi connectivity index (χ2v) is 6.40. The van der Waals surface area contributed by atoms with E-state index in [1.165, 1.54) is 0 Å². The number of carbonyl (C=O) groups excluding carboxylic acids is 2. The Morgan fingerprint density at radius 1 is 1.33 bits per heavy atom. The van der Waals surface area contributed by atoms with Gasteiger partial charge < -0.3 is 14.2 Å². The molecule has 2 rings (SSSR count). The minimum Gasteiger partial charge on any atom is -0.461 e. The van der Waals surface area contributed by atoms with Crippen LogP contribution in [-0.4, -0.2) is 40.5 Å². The molecule has 5 nitrogen and oxygen atoms in total. The molecule has 1 aliphatic rings. The third-order valence-corrected chi connectivity index (χ3v) is 4.82. The Morgan fingerprint density at radius 3 is 2.62 bits per heavy atom. The number of ether oxygens (including phenoxy) is 1. The fourth-order valence-electron chi connectivity index (χ4n) is 3.57. The third-order valence-electron chi connectivity index (χ3n) is 4.82. The average Bonchev–Trinajstić information content (AvgIpc) is 2.78. The fraction of sp³-hybridized carbons (Fsp3) is 0.579. The first kappa shape index (κ1) is 18.3. The van der Waals surface area contributed by atoms with E-state index in [9.17, 15) is 9.59 Å². The van der Waals surface area contributed by atoms with Gasteiger partial charge in [-0.15, -0.1) is 6.58 Å². The van der Waals surface area contributed by atoms with E-state index in [2.05, 4.69) is 13.5 Å². The summed E-state index contributed by atoms with van der Waals surface area (Å²) in [4.78, 5) is 27.5. The van der Waals surface area contributed by atoms with E-state index >= 15 is 0 Å². The van der Waals surface area contributed by atoms with Crippen LogP contribution in [0.2, 0.25) is 0 Å². The van der Waals surface area contributed by atoms with Crippen molar-refractivity contribution < 1.29 is 14.3 Å². The largest absolute Gasteiger partial charge is 0.461 e. The van der Waals surface area contributed by atoms with Crippen molar-refractivity contribution in [2.45, 2.75) is 59.5 Å². The van der Waals surface area contributed by atoms with Crippen LogP contribution in [0.3, 0.4) is 0 Å². The van der Waals surface area contributed by atoms with Gasteiger partial charge in [0.15, 0.2) is 0 Å². The number of hydrogen-bond donors (Lipinski definition) is 0. The van der Waals surface area contributed by atoms with Gasteiger partial charge >= 0.3 is 5.97 Å². The van der Waals surface area contributed by atoms with Crippen LogP contribution >= 0.6 is 0 Å². The van der Waals surface area contributed by atoms with Crippen molar-refractivity contribution in [1.29, 1.82) is 0 Å². The SMILES string of the molecule is C=CCn1c(C)c(C(=O)N2CCCCC2C)c(C)c1C(=O)OCC. The first-order valence-corrected chi connectivity index (χ1v) is 8.72. The maximum Gasteiger partial charge on any atom is 0.355 e. The number of esters is 1. The van der Waals surface area contributed by atoms with E-state index in [0.29, 0.717) is 30.0 Å². The Bertz CT molecular complexity index is 646. The van der Waals surface area contributed by atoms with Gasteiger partial charge in [0.05, 0.1) is 12.2 Å². The second-order valence-electron chi connectivity index (χ2n) is 6.40. The number of carbonyl (C=O) groups is 2. The van der Waals surface area contributed by atoms with E-state index in [4.69, 9.17) is 4.74 Å². The van der Waals surface area contributed by atoms with E-state index in [0.717, 1.165) is 31.5 Å². The average molecular weight is 332 g/mol. The summed E-state index contributed by atoms with van der Waals surface area (Å²) in [7, 11) is 0. The first-order valence-electron chi connectivity index (χ1n) is 8.72. The van der Waals surface area contributed by atoms with Gasteiger partial charge in [-0.1, -0.05) is 6.08 Å². The molecule has 1 aliphatic heterocycles. The van der Waals surface area contributed by atoms with Crippen molar-refractivity contribution in [2.24, 2.45) is 0 Å². The standard InChI is InChI=1S/C19H28N2O3/c1-6-11-21-15(5)16(14(4)17(21)19(23)24-7-2)18(22)20-12-9-8-10-13(20)3/h6,13H,1,7-12H2,2-5H3. The predicted molar refractivity (Wildman–Crippen MR) is 94.4 cm³/mol. The molecule has 1 fully saturated rings. The number of likely N-dealkylation sites (tertiary alicyclic amines) is 1. The molecule has 132 valence electrons. The number of piperidine rings is 1. The summed E-state index contributed by atoms with van der Waals surface area (Å²) in [6.07, 6.45) is 4.95. The van der Waals surface area contributed by atoms with Crippen molar-refractivity contribution in [3.05, 3.63) is 35.2 Å². The van der Waals surface area contributed by atoms with Crippen molar-refractivity contribution in [3.8, 4) is 0 Å². The highest BCUT2D eigenvalue weighted by Crippen LogP contribution is 2.27. The Hall–Kier alpha value is -2.04. The van der Waals surface area contributed by atoms with Crippen LogP contribution in [0, 0.1) is 13.8 Å². The summed E-state index contributed by atoms with van der Waals surface area (Å²) in [6.45, 7) is 12.9. The van der Waals surface area contributed by atoms with Crippen molar-refractivity contribution in [3.63, 3.8) is 0 Å². The molecule has 0 aromatic carbocycles. The topological polar surface area (TPSA) is 51.5 Å². The molecule has 1 unspecified atom stereocenters. The van der Waals surface area contributed by atoms with Gasteiger partial charge in [-0.05, 0) is 52.5 Å². The van der Waals surface area contributed by atoms with Gasteiger partial charge in [-0.3, -0.25) is 4.79 Å². The molecule has 1 saturated heterocycles. The van der Waals surface area contributed by atoms with Crippen LogP contribution in [0.1, 0.15) is 65.2 Å². The lowest BCUT2D eigenvalue weighted by Gasteiger charge is -2.33. The molecule has 1 amide bonds. The van der Waals surface area contributed by atoms with Crippen LogP contribution in [0.4, 0.5) is 0 Å². The van der Waals surface area contributed by atoms with Crippen molar-refractivity contribution in [2.75, 3.05) is 13.2 Å². The Kier molecular flexibility index (Phi) is 5.86. The highest BCUT2D eigenvalue weighted by atomic mass is 16.5. The van der Waals surface area contributed by atoms with Crippen LogP contribution in [0.5, 0.6) is 0 Å². The first-order chi connectivity index (χ1) is 11.4. The minimum absolute atomic E-state index is 0.0190. The molecular weight excluding hydrogens is 304 g/mol. The highest BCUT2D eigenvalue weighted by molar-refractivity contribution is 6.01. The van der Waals surface area contributed by atoms with Gasteiger partial charge in [0.2, 0.25) is 0 Å². The fourth-order valence-corrected chi connectivity index (χ4v) is 3.57. The van der Waals surface area contributed by atoms with Gasteiger partial charge in [0, 0.05) is 24.8 Å². The lowest BCUT2D eigenvalue weighted by molar-refractivity contribution is 0.0513. The number of amides is 1. The molecule has 1 aromatic heterocycles. The van der Waals surface area contributed by atoms with E-state index in [1.54, 1.807) is 13.0 Å². The molecule has 24 heavy (non-hydrogen) atoms. The van der Waals surface area contributed by atoms with E-state index in [1.807, 2.05) is 23.3 Å². The number of hydrogen-bond acceptors (Lipinski definition) is 3. The van der Waals surface area contributed by atoms with Gasteiger partial charge in [-0.2, -0.15) is 0 Å². The van der Waals surface area contributed by atoms with Crippen LogP contribution in [0.25, 0.3) is 0 Å². The number of allylic oxidation sites excluding steroid dienone is 1. The molecule has 1 aromatic rings. The van der Waals surface area contributed by atoms with Crippen LogP contribution < -0.4 is 0 Å². The molecule has 0 spiro atoms. The molecule has 2 heterocycles. The molecule has 0 N–H and O–H groups in total. The molecule has 0 saturated carbocycles. The van der Waals surface area contributed by atoms with Gasteiger partial charge in [0.1, 0.15) is 5.69 Å². The van der Waals surface area contributed by atoms with Crippen LogP contribution in [-0.2, 0) is 11.3 Å². The molecular formula is C19H28N2O3. The predicted octanol–water partition coefficient (Wildman–Crippen LogP) is 3.48. The number of aromatic nitrogens is 1. The van der Waals surface area contributed by atoms with E-state index < -0.39 is 0 Å². The maximum absolute atomic E-state index is 13.1. The Balaban J connectivity index is 2.49. The summed E-state index contributed by atoms with van der Waals surface area (Å²) in [5, 5.41) is 0. The summed E-state index contributed by atoms with van der Waals surface area (Å²) in [6, 6.07) is 0.235. The number of nitrogens with zero attached hydrogens (tertiary/aromatic N) is 2. The lowest BCUT2D eigenvalue weighted by Crippen LogP contribution is -2.42. The maximum atomic E-state index is 13.1. The number of rotatable bonds is 5.